The van der Waals surface area contributed by atoms with Crippen LogP contribution in [-0.2, 0) is 0 Å². The van der Waals surface area contributed by atoms with Gasteiger partial charge in [0.15, 0.2) is 0 Å². The van der Waals surface area contributed by atoms with Crippen molar-refractivity contribution in [3.63, 3.8) is 0 Å². The summed E-state index contributed by atoms with van der Waals surface area (Å²) in [6.45, 7) is 2.00. The van der Waals surface area contributed by atoms with Crippen LogP contribution >= 0.6 is 0 Å². The molecule has 0 radical (unpaired) electrons. The van der Waals surface area contributed by atoms with Crippen LogP contribution in [0.25, 0.3) is 16.6 Å². The first-order valence-electron chi connectivity index (χ1n) is 5.33. The molecule has 78 valence electrons. The lowest BCUT2D eigenvalue weighted by Gasteiger charge is -1.95. The van der Waals surface area contributed by atoms with Crippen molar-refractivity contribution >= 4 is 5.52 Å². The molecule has 0 aliphatic carbocycles. The van der Waals surface area contributed by atoms with Crippen LogP contribution in [0.5, 0.6) is 0 Å². The summed E-state index contributed by atoms with van der Waals surface area (Å²) < 4.78 is 2.12. The highest BCUT2D eigenvalue weighted by molar-refractivity contribution is 5.69. The summed E-state index contributed by atoms with van der Waals surface area (Å²) in [4.78, 5) is 4.29. The van der Waals surface area contributed by atoms with Crippen LogP contribution in [0.1, 0.15) is 5.69 Å². The lowest BCUT2D eigenvalue weighted by atomic mass is 10.1. The van der Waals surface area contributed by atoms with Gasteiger partial charge in [0.2, 0.25) is 0 Å². The largest absolute Gasteiger partial charge is 0.320 e. The third-order valence-corrected chi connectivity index (χ3v) is 2.71. The summed E-state index contributed by atoms with van der Waals surface area (Å²) >= 11 is 0. The van der Waals surface area contributed by atoms with Gasteiger partial charge in [-0.25, -0.2) is 0 Å². The van der Waals surface area contributed by atoms with E-state index in [2.05, 4.69) is 45.9 Å². The summed E-state index contributed by atoms with van der Waals surface area (Å²) in [6.07, 6.45) is 6.09. The van der Waals surface area contributed by atoms with Crippen molar-refractivity contribution in [3.05, 3.63) is 60.7 Å². The van der Waals surface area contributed by atoms with E-state index in [1.54, 1.807) is 0 Å². The molecule has 0 aliphatic heterocycles. The van der Waals surface area contributed by atoms with E-state index in [0.29, 0.717) is 0 Å². The Morgan fingerprint density at radius 2 is 1.81 bits per heavy atom. The van der Waals surface area contributed by atoms with E-state index >= 15 is 0 Å². The van der Waals surface area contributed by atoms with Crippen LogP contribution < -0.4 is 0 Å². The zero-order valence-corrected chi connectivity index (χ0v) is 9.09. The Labute approximate surface area is 94.2 Å². The molecule has 0 unspecified atom stereocenters. The molecule has 2 nitrogen and oxygen atoms in total. The minimum Gasteiger partial charge on any atom is -0.320 e. The average molecular weight is 208 g/mol. The van der Waals surface area contributed by atoms with Crippen molar-refractivity contribution in [1.82, 2.24) is 9.38 Å². The fourth-order valence-corrected chi connectivity index (χ4v) is 1.90. The third kappa shape index (κ3) is 1.48. The number of aromatic nitrogens is 2. The van der Waals surface area contributed by atoms with E-state index < -0.39 is 0 Å². The Hall–Kier alpha value is -2.09. The summed E-state index contributed by atoms with van der Waals surface area (Å²) in [5.41, 5.74) is 4.63. The first-order chi connectivity index (χ1) is 7.83. The first-order valence-corrected chi connectivity index (χ1v) is 5.33. The highest BCUT2D eigenvalue weighted by atomic mass is 14.9. The molecule has 0 saturated heterocycles. The molecule has 1 aromatic carbocycles. The van der Waals surface area contributed by atoms with Gasteiger partial charge in [0, 0.05) is 18.0 Å². The Bertz CT molecular complexity index is 624. The van der Waals surface area contributed by atoms with Crippen molar-refractivity contribution in [2.75, 3.05) is 0 Å². The summed E-state index contributed by atoms with van der Waals surface area (Å²) in [6, 6.07) is 12.5. The predicted molar refractivity (Wildman–Crippen MR) is 65.4 cm³/mol. The molecule has 0 saturated carbocycles. The van der Waals surface area contributed by atoms with E-state index in [4.69, 9.17) is 0 Å². The van der Waals surface area contributed by atoms with E-state index in [1.165, 1.54) is 11.1 Å². The van der Waals surface area contributed by atoms with Crippen molar-refractivity contribution in [3.8, 4) is 11.1 Å². The van der Waals surface area contributed by atoms with Crippen molar-refractivity contribution < 1.29 is 0 Å². The molecule has 0 N–H and O–H groups in total. The normalized spacial score (nSPS) is 10.8. The molecular formula is C14H12N2. The van der Waals surface area contributed by atoms with Gasteiger partial charge in [-0.15, -0.1) is 0 Å². The lowest BCUT2D eigenvalue weighted by Crippen LogP contribution is -1.86. The number of nitrogens with zero attached hydrogens (tertiary/aromatic N) is 2. The van der Waals surface area contributed by atoms with Crippen LogP contribution in [0.2, 0.25) is 0 Å². The summed E-state index contributed by atoms with van der Waals surface area (Å²) in [5, 5.41) is 0. The lowest BCUT2D eigenvalue weighted by molar-refractivity contribution is 1.08. The van der Waals surface area contributed by atoms with Gasteiger partial charge in [0.05, 0.1) is 17.4 Å². The highest BCUT2D eigenvalue weighted by Crippen LogP contribution is 2.21. The monoisotopic (exact) mass is 208 g/mol. The van der Waals surface area contributed by atoms with Crippen LogP contribution in [-0.4, -0.2) is 9.38 Å². The second-order valence-corrected chi connectivity index (χ2v) is 3.96. The topological polar surface area (TPSA) is 17.3 Å². The van der Waals surface area contributed by atoms with E-state index in [9.17, 15) is 0 Å². The van der Waals surface area contributed by atoms with Gasteiger partial charge < -0.3 is 4.40 Å². The van der Waals surface area contributed by atoms with Gasteiger partial charge in [-0.05, 0) is 18.6 Å². The number of rotatable bonds is 1. The molecule has 16 heavy (non-hydrogen) atoms. The molecule has 2 heteroatoms. The van der Waals surface area contributed by atoms with Crippen LogP contribution in [0.3, 0.4) is 0 Å². The number of benzene rings is 1. The van der Waals surface area contributed by atoms with Crippen LogP contribution in [0.15, 0.2) is 55.0 Å². The SMILES string of the molecule is Cc1cn2cc(-c3ccccc3)cc2cn1. The van der Waals surface area contributed by atoms with E-state index in [-0.39, 0.29) is 0 Å². The quantitative estimate of drug-likeness (QED) is 0.599. The number of hydrogen-bond donors (Lipinski definition) is 0. The molecule has 0 aliphatic rings. The molecule has 0 fully saturated rings. The molecule has 3 rings (SSSR count). The second-order valence-electron chi connectivity index (χ2n) is 3.96. The smallest absolute Gasteiger partial charge is 0.0640 e. The molecule has 0 atom stereocenters. The molecule has 0 spiro atoms. The van der Waals surface area contributed by atoms with Gasteiger partial charge in [0.25, 0.3) is 0 Å². The molecule has 2 heterocycles. The van der Waals surface area contributed by atoms with Crippen molar-refractivity contribution in [1.29, 1.82) is 0 Å². The fraction of sp³-hybridized carbons (Fsp3) is 0.0714. The Morgan fingerprint density at radius 3 is 2.62 bits per heavy atom. The van der Waals surface area contributed by atoms with Gasteiger partial charge in [-0.3, -0.25) is 4.98 Å². The third-order valence-electron chi connectivity index (χ3n) is 2.71. The van der Waals surface area contributed by atoms with Gasteiger partial charge in [0.1, 0.15) is 0 Å². The maximum absolute atomic E-state index is 4.29. The zero-order valence-electron chi connectivity index (χ0n) is 9.09. The summed E-state index contributed by atoms with van der Waals surface area (Å²) in [5.74, 6) is 0. The Balaban J connectivity index is 2.19. The average Bonchev–Trinajstić information content (AvgIpc) is 2.73. The standard InChI is InChI=1S/C14H12N2/c1-11-9-16-10-13(7-14(16)8-15-11)12-5-3-2-4-6-12/h2-10H,1H3. The number of hydrogen-bond acceptors (Lipinski definition) is 1. The fourth-order valence-electron chi connectivity index (χ4n) is 1.90. The highest BCUT2D eigenvalue weighted by Gasteiger charge is 2.01. The second kappa shape index (κ2) is 3.49. The molecule has 2 aromatic heterocycles. The van der Waals surface area contributed by atoms with Gasteiger partial charge in [-0.1, -0.05) is 30.3 Å². The zero-order chi connectivity index (χ0) is 11.0. The van der Waals surface area contributed by atoms with Crippen molar-refractivity contribution in [2.45, 2.75) is 6.92 Å². The first kappa shape index (κ1) is 9.16. The van der Waals surface area contributed by atoms with Crippen LogP contribution in [0.4, 0.5) is 0 Å². The maximum Gasteiger partial charge on any atom is 0.0640 e. The summed E-state index contributed by atoms with van der Waals surface area (Å²) in [7, 11) is 0. The molecule has 0 bridgehead atoms. The Kier molecular flexibility index (Phi) is 2.00. The van der Waals surface area contributed by atoms with Gasteiger partial charge in [-0.2, -0.15) is 0 Å². The van der Waals surface area contributed by atoms with Crippen molar-refractivity contribution in [2.24, 2.45) is 0 Å². The van der Waals surface area contributed by atoms with E-state index in [0.717, 1.165) is 11.2 Å². The molecule has 3 aromatic rings. The van der Waals surface area contributed by atoms with Crippen LogP contribution in [0, 0.1) is 6.92 Å². The molecular weight excluding hydrogens is 196 g/mol. The number of fused-ring (bicyclic) bond motifs is 1. The maximum atomic E-state index is 4.29. The molecule has 0 amide bonds. The van der Waals surface area contributed by atoms with E-state index in [1.807, 2.05) is 25.4 Å². The minimum absolute atomic E-state index is 1.03. The Morgan fingerprint density at radius 1 is 1.00 bits per heavy atom. The number of aryl methyl sites for hydroxylation is 1. The predicted octanol–water partition coefficient (Wildman–Crippen LogP) is 3.31. The minimum atomic E-state index is 1.03. The van der Waals surface area contributed by atoms with Gasteiger partial charge >= 0.3 is 0 Å².